The molecule has 3 aromatic rings. The van der Waals surface area contributed by atoms with E-state index in [4.69, 9.17) is 0 Å². The zero-order chi connectivity index (χ0) is 23.0. The number of hydrogen-bond donors (Lipinski definition) is 2. The first kappa shape index (κ1) is 21.4. The van der Waals surface area contributed by atoms with Gasteiger partial charge in [-0.2, -0.15) is 4.68 Å². The normalized spacial score (nSPS) is 14.9. The molecule has 1 aliphatic rings. The third-order valence-corrected chi connectivity index (χ3v) is 5.41. The fourth-order valence-electron chi connectivity index (χ4n) is 3.92. The van der Waals surface area contributed by atoms with Crippen LogP contribution in [-0.2, 0) is 11.3 Å². The molecule has 32 heavy (non-hydrogen) atoms. The number of rotatable bonds is 6. The Kier molecular flexibility index (Phi) is 5.56. The molecule has 1 aliphatic heterocycles. The maximum Gasteiger partial charge on any atom is 0.262 e. The number of imide groups is 1. The van der Waals surface area contributed by atoms with Gasteiger partial charge in [-0.1, -0.05) is 17.3 Å². The van der Waals surface area contributed by atoms with Crippen LogP contribution in [0.15, 0.2) is 42.6 Å². The summed E-state index contributed by atoms with van der Waals surface area (Å²) in [6, 6.07) is 9.33. The number of carbonyl (C=O) groups excluding carboxylic acids is 3. The predicted molar refractivity (Wildman–Crippen MR) is 115 cm³/mol. The van der Waals surface area contributed by atoms with Crippen LogP contribution in [0.25, 0.3) is 11.3 Å². The van der Waals surface area contributed by atoms with Crippen molar-refractivity contribution in [2.75, 3.05) is 0 Å². The Balaban J connectivity index is 1.40. The van der Waals surface area contributed by atoms with Crippen LogP contribution >= 0.6 is 0 Å². The van der Waals surface area contributed by atoms with Crippen molar-refractivity contribution in [2.45, 2.75) is 46.3 Å². The lowest BCUT2D eigenvalue weighted by atomic mass is 10.1. The lowest BCUT2D eigenvalue weighted by Gasteiger charge is -2.23. The fraction of sp³-hybridized carbons (Fsp3) is 0.304. The summed E-state index contributed by atoms with van der Waals surface area (Å²) in [5, 5.41) is 10.2. The highest BCUT2D eigenvalue weighted by atomic mass is 16.2. The Morgan fingerprint density at radius 1 is 1.09 bits per heavy atom. The highest BCUT2D eigenvalue weighted by Gasteiger charge is 2.40. The van der Waals surface area contributed by atoms with Crippen molar-refractivity contribution in [3.05, 3.63) is 65.1 Å². The van der Waals surface area contributed by atoms with Gasteiger partial charge in [-0.05, 0) is 52.0 Å². The average Bonchev–Trinajstić information content (AvgIpc) is 3.30. The third kappa shape index (κ3) is 4.01. The minimum atomic E-state index is -0.921. The Hall–Kier alpha value is -3.88. The van der Waals surface area contributed by atoms with Crippen molar-refractivity contribution in [3.8, 4) is 11.3 Å². The largest absolute Gasteiger partial charge is 0.348 e. The lowest BCUT2D eigenvalue weighted by Crippen LogP contribution is -2.53. The summed E-state index contributed by atoms with van der Waals surface area (Å²) in [6.07, 6.45) is 1.87. The summed E-state index contributed by atoms with van der Waals surface area (Å²) in [5.74, 6) is -1.29. The van der Waals surface area contributed by atoms with E-state index in [9.17, 15) is 14.4 Å². The summed E-state index contributed by atoms with van der Waals surface area (Å²) in [5.41, 5.74) is 4.21. The molecule has 0 saturated heterocycles. The lowest BCUT2D eigenvalue weighted by molar-refractivity contribution is -0.755. The maximum atomic E-state index is 12.8. The summed E-state index contributed by atoms with van der Waals surface area (Å²) >= 11 is 0. The molecule has 164 valence electrons. The molecule has 0 radical (unpaired) electrons. The molecule has 2 atom stereocenters. The van der Waals surface area contributed by atoms with Gasteiger partial charge in [0.1, 0.15) is 12.6 Å². The molecule has 9 heteroatoms. The Morgan fingerprint density at radius 2 is 1.69 bits per heavy atom. The van der Waals surface area contributed by atoms with E-state index in [0.717, 1.165) is 27.5 Å². The summed E-state index contributed by atoms with van der Waals surface area (Å²) < 4.78 is 1.78. The summed E-state index contributed by atoms with van der Waals surface area (Å²) in [4.78, 5) is 43.4. The summed E-state index contributed by atoms with van der Waals surface area (Å²) in [6.45, 7) is 7.71. The predicted octanol–water partition coefficient (Wildman–Crippen LogP) is 1.57. The molecule has 0 spiro atoms. The van der Waals surface area contributed by atoms with Crippen LogP contribution < -0.4 is 10.00 Å². The number of benzene rings is 1. The minimum Gasteiger partial charge on any atom is -0.348 e. The van der Waals surface area contributed by atoms with Crippen molar-refractivity contribution in [2.24, 2.45) is 0 Å². The van der Waals surface area contributed by atoms with E-state index in [2.05, 4.69) is 20.6 Å². The van der Waals surface area contributed by atoms with Gasteiger partial charge in [-0.25, -0.2) is 0 Å². The molecule has 3 amide bonds. The number of fused-ring (bicyclic) bond motifs is 1. The van der Waals surface area contributed by atoms with Crippen LogP contribution in [0, 0.1) is 13.8 Å². The van der Waals surface area contributed by atoms with Crippen molar-refractivity contribution in [1.82, 2.24) is 25.5 Å². The SMILES string of the molecule is Cc1cc(-c2c[n+](CC(C)NC(=O)[C@@H](C)N3C(=O)c4ccccc4C3=O)[nH]n2)cc(C)n1. The standard InChI is InChI=1S/C23H24N6O3/c1-13-9-17(10-14(2)24-13)20-12-28(27-26-20)11-15(3)25-21(30)16(4)29-22(31)18-7-5-6-8-19(18)23(29)32/h5-10,12,15-16H,11H2,1-4H3,(H,25,30)/p+1/t15?,16-/m1/s1. The van der Waals surface area contributed by atoms with E-state index < -0.39 is 23.8 Å². The molecular formula is C23H25N6O3+. The van der Waals surface area contributed by atoms with Gasteiger partial charge in [0.2, 0.25) is 11.6 Å². The fourth-order valence-corrected chi connectivity index (χ4v) is 3.92. The van der Waals surface area contributed by atoms with E-state index in [1.54, 1.807) is 35.9 Å². The second kappa shape index (κ2) is 8.33. The highest BCUT2D eigenvalue weighted by Crippen LogP contribution is 2.24. The van der Waals surface area contributed by atoms with Crippen LogP contribution in [0.1, 0.15) is 46.0 Å². The van der Waals surface area contributed by atoms with Crippen molar-refractivity contribution in [3.63, 3.8) is 0 Å². The first-order valence-corrected chi connectivity index (χ1v) is 10.4. The number of hydrogen-bond acceptors (Lipinski definition) is 5. The molecule has 3 heterocycles. The molecule has 9 nitrogen and oxygen atoms in total. The molecule has 1 unspecified atom stereocenters. The number of carbonyl (C=O) groups is 3. The minimum absolute atomic E-state index is 0.264. The molecule has 0 fully saturated rings. The number of nitrogens with one attached hydrogen (secondary N) is 2. The van der Waals surface area contributed by atoms with Gasteiger partial charge in [0, 0.05) is 22.0 Å². The van der Waals surface area contributed by atoms with E-state index in [1.165, 1.54) is 0 Å². The topological polar surface area (TPSA) is 112 Å². The van der Waals surface area contributed by atoms with E-state index in [0.29, 0.717) is 17.7 Å². The van der Waals surface area contributed by atoms with Crippen LogP contribution in [0.3, 0.4) is 0 Å². The van der Waals surface area contributed by atoms with E-state index >= 15 is 0 Å². The molecule has 1 aromatic carbocycles. The molecule has 2 N–H and O–H groups in total. The second-order valence-corrected chi connectivity index (χ2v) is 8.13. The Bertz CT molecular complexity index is 1160. The molecule has 0 aliphatic carbocycles. The van der Waals surface area contributed by atoms with Gasteiger partial charge in [0.15, 0.2) is 6.20 Å². The first-order chi connectivity index (χ1) is 15.2. The van der Waals surface area contributed by atoms with Gasteiger partial charge in [-0.15, -0.1) is 0 Å². The van der Waals surface area contributed by atoms with Gasteiger partial charge >= 0.3 is 0 Å². The quantitative estimate of drug-likeness (QED) is 0.453. The van der Waals surface area contributed by atoms with Gasteiger partial charge < -0.3 is 5.32 Å². The molecular weight excluding hydrogens is 408 g/mol. The number of nitrogens with zero attached hydrogens (tertiary/aromatic N) is 4. The zero-order valence-electron chi connectivity index (χ0n) is 18.4. The van der Waals surface area contributed by atoms with Crippen LogP contribution in [0.2, 0.25) is 0 Å². The van der Waals surface area contributed by atoms with Crippen LogP contribution in [-0.4, -0.2) is 50.0 Å². The molecule has 2 aromatic heterocycles. The monoisotopic (exact) mass is 433 g/mol. The number of aryl methyl sites for hydroxylation is 2. The third-order valence-electron chi connectivity index (χ3n) is 5.41. The Morgan fingerprint density at radius 3 is 2.28 bits per heavy atom. The number of H-pyrrole nitrogens is 1. The second-order valence-electron chi connectivity index (χ2n) is 8.13. The number of pyridine rings is 1. The van der Waals surface area contributed by atoms with Gasteiger partial charge in [0.05, 0.1) is 17.2 Å². The van der Waals surface area contributed by atoms with Crippen molar-refractivity contribution >= 4 is 17.7 Å². The highest BCUT2D eigenvalue weighted by molar-refractivity contribution is 6.22. The van der Waals surface area contributed by atoms with Crippen LogP contribution in [0.4, 0.5) is 0 Å². The molecule has 4 rings (SSSR count). The van der Waals surface area contributed by atoms with Crippen molar-refractivity contribution < 1.29 is 19.1 Å². The maximum absolute atomic E-state index is 12.8. The average molecular weight is 433 g/mol. The van der Waals surface area contributed by atoms with E-state index in [1.807, 2.05) is 39.1 Å². The Labute approximate surface area is 185 Å². The zero-order valence-corrected chi connectivity index (χ0v) is 18.4. The molecule has 0 bridgehead atoms. The summed E-state index contributed by atoms with van der Waals surface area (Å²) in [7, 11) is 0. The first-order valence-electron chi connectivity index (χ1n) is 10.4. The van der Waals surface area contributed by atoms with Crippen LogP contribution in [0.5, 0.6) is 0 Å². The number of amides is 3. The van der Waals surface area contributed by atoms with Gasteiger partial charge in [-0.3, -0.25) is 24.3 Å². The smallest absolute Gasteiger partial charge is 0.262 e. The molecule has 0 saturated carbocycles. The van der Waals surface area contributed by atoms with Gasteiger partial charge in [0.25, 0.3) is 11.8 Å². The van der Waals surface area contributed by atoms with Crippen molar-refractivity contribution in [1.29, 1.82) is 0 Å². The number of aromatic nitrogens is 4. The van der Waals surface area contributed by atoms with E-state index in [-0.39, 0.29) is 6.04 Å². The number of aromatic amines is 1.